The Hall–Kier alpha value is -2.21. The number of nitrogens with two attached hydrogens (primary N) is 1. The summed E-state index contributed by atoms with van der Waals surface area (Å²) < 4.78 is 15.0. The van der Waals surface area contributed by atoms with Crippen LogP contribution in [-0.2, 0) is 6.54 Å². The molecule has 0 unspecified atom stereocenters. The first kappa shape index (κ1) is 12.3. The first-order chi connectivity index (χ1) is 8.70. The van der Waals surface area contributed by atoms with Gasteiger partial charge in [-0.05, 0) is 12.1 Å². The van der Waals surface area contributed by atoms with Gasteiger partial charge in [-0.25, -0.2) is 9.37 Å². The number of para-hydroxylation sites is 1. The second kappa shape index (κ2) is 5.42. The molecule has 1 amide bonds. The predicted octanol–water partition coefficient (Wildman–Crippen LogP) is 1.23. The van der Waals surface area contributed by atoms with Crippen LogP contribution < -0.4 is 11.1 Å². The molecule has 1 aromatic heterocycles. The molecule has 0 saturated heterocycles. The summed E-state index contributed by atoms with van der Waals surface area (Å²) in [6, 6.07) is 5.97. The number of benzene rings is 1. The van der Waals surface area contributed by atoms with Crippen LogP contribution in [-0.4, -0.2) is 22.0 Å². The van der Waals surface area contributed by atoms with Gasteiger partial charge in [0.15, 0.2) is 0 Å². The van der Waals surface area contributed by atoms with Gasteiger partial charge in [-0.15, -0.1) is 0 Å². The van der Waals surface area contributed by atoms with E-state index in [9.17, 15) is 9.18 Å². The lowest BCUT2D eigenvalue weighted by atomic mass is 10.3. The van der Waals surface area contributed by atoms with Crippen LogP contribution in [0.2, 0.25) is 0 Å². The first-order valence-corrected chi connectivity index (χ1v) is 5.48. The Kier molecular flexibility index (Phi) is 3.69. The summed E-state index contributed by atoms with van der Waals surface area (Å²) in [7, 11) is 0. The van der Waals surface area contributed by atoms with Crippen LogP contribution in [0.5, 0.6) is 0 Å². The Morgan fingerprint density at radius 1 is 1.44 bits per heavy atom. The van der Waals surface area contributed by atoms with Crippen molar-refractivity contribution in [2.45, 2.75) is 6.54 Å². The van der Waals surface area contributed by atoms with Crippen molar-refractivity contribution in [1.29, 1.82) is 0 Å². The number of carbonyl (C=O) groups excluding carboxylic acids is 1. The van der Waals surface area contributed by atoms with Crippen molar-refractivity contribution in [3.05, 3.63) is 48.3 Å². The highest BCUT2D eigenvalue weighted by molar-refractivity contribution is 6.02. The molecule has 0 spiro atoms. The molecule has 0 aliphatic heterocycles. The smallest absolute Gasteiger partial charge is 0.275 e. The molecule has 2 aromatic rings. The molecule has 0 radical (unpaired) electrons. The van der Waals surface area contributed by atoms with Gasteiger partial charge in [-0.2, -0.15) is 0 Å². The van der Waals surface area contributed by atoms with Crippen LogP contribution in [0.15, 0.2) is 36.8 Å². The molecule has 2 rings (SSSR count). The highest BCUT2D eigenvalue weighted by atomic mass is 19.1. The number of rotatable bonds is 4. The lowest BCUT2D eigenvalue weighted by Gasteiger charge is -2.03. The zero-order chi connectivity index (χ0) is 13.0. The first-order valence-electron chi connectivity index (χ1n) is 5.48. The molecule has 1 heterocycles. The number of carbonyl (C=O) groups is 1. The third kappa shape index (κ3) is 2.72. The number of imidazole rings is 1. The maximum absolute atomic E-state index is 13.3. The number of hydrogen-bond donors (Lipinski definition) is 2. The van der Waals surface area contributed by atoms with E-state index in [0.29, 0.717) is 13.1 Å². The molecule has 0 fully saturated rings. The molecule has 3 N–H and O–H groups in total. The second-order valence-corrected chi connectivity index (χ2v) is 3.72. The number of anilines is 1. The molecule has 18 heavy (non-hydrogen) atoms. The third-order valence-corrected chi connectivity index (χ3v) is 2.38. The van der Waals surface area contributed by atoms with Gasteiger partial charge < -0.3 is 15.6 Å². The quantitative estimate of drug-likeness (QED) is 0.854. The fourth-order valence-corrected chi connectivity index (χ4v) is 1.50. The lowest BCUT2D eigenvalue weighted by molar-refractivity contribution is 0.102. The minimum absolute atomic E-state index is 0.135. The van der Waals surface area contributed by atoms with E-state index in [1.54, 1.807) is 22.9 Å². The maximum Gasteiger partial charge on any atom is 0.275 e. The molecule has 94 valence electrons. The third-order valence-electron chi connectivity index (χ3n) is 2.38. The van der Waals surface area contributed by atoms with Crippen LogP contribution >= 0.6 is 0 Å². The van der Waals surface area contributed by atoms with Crippen molar-refractivity contribution in [3.8, 4) is 0 Å². The number of halogens is 1. The Bertz CT molecular complexity index is 553. The fourth-order valence-electron chi connectivity index (χ4n) is 1.50. The highest BCUT2D eigenvalue weighted by Crippen LogP contribution is 2.13. The molecular weight excluding hydrogens is 235 g/mol. The summed E-state index contributed by atoms with van der Waals surface area (Å²) in [5.41, 5.74) is 5.75. The van der Waals surface area contributed by atoms with Gasteiger partial charge in [-0.1, -0.05) is 12.1 Å². The van der Waals surface area contributed by atoms with E-state index in [1.807, 2.05) is 0 Å². The van der Waals surface area contributed by atoms with E-state index < -0.39 is 11.7 Å². The summed E-state index contributed by atoms with van der Waals surface area (Å²) in [5, 5.41) is 2.46. The fraction of sp³-hybridized carbons (Fsp3) is 0.167. The van der Waals surface area contributed by atoms with Crippen molar-refractivity contribution in [1.82, 2.24) is 9.55 Å². The Morgan fingerprint density at radius 3 is 2.94 bits per heavy atom. The average molecular weight is 248 g/mol. The topological polar surface area (TPSA) is 72.9 Å². The monoisotopic (exact) mass is 248 g/mol. The number of nitrogens with one attached hydrogen (secondary N) is 1. The van der Waals surface area contributed by atoms with Crippen molar-refractivity contribution >= 4 is 11.6 Å². The standard InChI is InChI=1S/C12H13FN4O/c13-9-3-1-2-4-10(9)16-12(18)11-7-17(6-5-14)8-15-11/h1-4,7-8H,5-6,14H2,(H,16,18). The van der Waals surface area contributed by atoms with Crippen LogP contribution in [0, 0.1) is 5.82 Å². The normalized spacial score (nSPS) is 10.3. The van der Waals surface area contributed by atoms with Crippen molar-refractivity contribution in [2.24, 2.45) is 5.73 Å². The second-order valence-electron chi connectivity index (χ2n) is 3.72. The van der Waals surface area contributed by atoms with Gasteiger partial charge in [0, 0.05) is 19.3 Å². The van der Waals surface area contributed by atoms with Gasteiger partial charge in [0.25, 0.3) is 5.91 Å². The van der Waals surface area contributed by atoms with Crippen LogP contribution in [0.25, 0.3) is 0 Å². The molecule has 0 aliphatic rings. The number of nitrogens with zero attached hydrogens (tertiary/aromatic N) is 2. The van der Waals surface area contributed by atoms with Gasteiger partial charge in [0.1, 0.15) is 11.5 Å². The molecule has 0 atom stereocenters. The minimum Gasteiger partial charge on any atom is -0.335 e. The van der Waals surface area contributed by atoms with Gasteiger partial charge in [0.05, 0.1) is 12.0 Å². The van der Waals surface area contributed by atoms with Crippen molar-refractivity contribution in [2.75, 3.05) is 11.9 Å². The average Bonchev–Trinajstić information content (AvgIpc) is 2.81. The van der Waals surface area contributed by atoms with Gasteiger partial charge in [0.2, 0.25) is 0 Å². The van der Waals surface area contributed by atoms with E-state index in [-0.39, 0.29) is 11.4 Å². The summed E-state index contributed by atoms with van der Waals surface area (Å²) in [6.45, 7) is 1.05. The Balaban J connectivity index is 2.10. The highest BCUT2D eigenvalue weighted by Gasteiger charge is 2.11. The molecular formula is C12H13FN4O. The largest absolute Gasteiger partial charge is 0.335 e. The van der Waals surface area contributed by atoms with E-state index >= 15 is 0 Å². The Labute approximate surface area is 103 Å². The van der Waals surface area contributed by atoms with E-state index in [1.165, 1.54) is 18.5 Å². The predicted molar refractivity (Wildman–Crippen MR) is 65.6 cm³/mol. The zero-order valence-electron chi connectivity index (χ0n) is 9.64. The Morgan fingerprint density at radius 2 is 2.22 bits per heavy atom. The maximum atomic E-state index is 13.3. The SMILES string of the molecule is NCCn1cnc(C(=O)Nc2ccccc2F)c1. The van der Waals surface area contributed by atoms with E-state index in [4.69, 9.17) is 5.73 Å². The zero-order valence-corrected chi connectivity index (χ0v) is 9.64. The van der Waals surface area contributed by atoms with Gasteiger partial charge >= 0.3 is 0 Å². The van der Waals surface area contributed by atoms with Crippen LogP contribution in [0.3, 0.4) is 0 Å². The summed E-state index contributed by atoms with van der Waals surface area (Å²) in [4.78, 5) is 15.7. The molecule has 0 bridgehead atoms. The van der Waals surface area contributed by atoms with Gasteiger partial charge in [-0.3, -0.25) is 4.79 Å². The molecule has 0 saturated carbocycles. The number of aromatic nitrogens is 2. The summed E-state index contributed by atoms with van der Waals surface area (Å²) in [6.07, 6.45) is 3.09. The molecule has 1 aromatic carbocycles. The number of amides is 1. The van der Waals surface area contributed by atoms with E-state index in [0.717, 1.165) is 0 Å². The lowest BCUT2D eigenvalue weighted by Crippen LogP contribution is -2.13. The number of hydrogen-bond acceptors (Lipinski definition) is 3. The molecule has 0 aliphatic carbocycles. The minimum atomic E-state index is -0.479. The van der Waals surface area contributed by atoms with Crippen LogP contribution in [0.1, 0.15) is 10.5 Å². The van der Waals surface area contributed by atoms with Crippen molar-refractivity contribution < 1.29 is 9.18 Å². The summed E-state index contributed by atoms with van der Waals surface area (Å²) in [5.74, 6) is -0.928. The molecule has 5 nitrogen and oxygen atoms in total. The van der Waals surface area contributed by atoms with Crippen LogP contribution in [0.4, 0.5) is 10.1 Å². The van der Waals surface area contributed by atoms with Crippen molar-refractivity contribution in [3.63, 3.8) is 0 Å². The summed E-state index contributed by atoms with van der Waals surface area (Å²) >= 11 is 0. The van der Waals surface area contributed by atoms with E-state index in [2.05, 4.69) is 10.3 Å². The molecule has 6 heteroatoms.